The third-order valence-electron chi connectivity index (χ3n) is 4.19. The molecule has 1 aromatic carbocycles. The van der Waals surface area contributed by atoms with Gasteiger partial charge in [-0.15, -0.1) is 11.3 Å². The molecule has 9 heteroatoms. The number of thiophene rings is 1. The second-order valence-corrected chi connectivity index (χ2v) is 7.40. The predicted octanol–water partition coefficient (Wildman–Crippen LogP) is 3.72. The summed E-state index contributed by atoms with van der Waals surface area (Å²) in [4.78, 5) is 7.93. The molecule has 1 unspecified atom stereocenters. The fraction of sp³-hybridized carbons (Fsp3) is 0.450. The topological polar surface area (TPSA) is 58.1 Å². The normalized spacial score (nSPS) is 12.9. The molecule has 0 radical (unpaired) electrons. The van der Waals surface area contributed by atoms with Gasteiger partial charge in [0.15, 0.2) is 5.96 Å². The number of ether oxygens (including phenoxy) is 2. The lowest BCUT2D eigenvalue weighted by molar-refractivity contribution is -0.0504. The highest BCUT2D eigenvalue weighted by Crippen LogP contribution is 2.26. The van der Waals surface area contributed by atoms with E-state index in [1.54, 1.807) is 23.5 Å². The van der Waals surface area contributed by atoms with Crippen molar-refractivity contribution in [1.29, 1.82) is 0 Å². The summed E-state index contributed by atoms with van der Waals surface area (Å²) in [5.41, 5.74) is 0.518. The van der Waals surface area contributed by atoms with Gasteiger partial charge in [-0.25, -0.2) is 4.99 Å². The minimum absolute atomic E-state index is 0.0881. The highest BCUT2D eigenvalue weighted by molar-refractivity contribution is 7.10. The molecule has 6 nitrogen and oxygen atoms in total. The van der Waals surface area contributed by atoms with Gasteiger partial charge in [0.1, 0.15) is 11.5 Å². The van der Waals surface area contributed by atoms with Gasteiger partial charge >= 0.3 is 6.61 Å². The maximum atomic E-state index is 12.7. The number of hydrogen-bond acceptors (Lipinski definition) is 5. The van der Waals surface area contributed by atoms with Crippen LogP contribution in [-0.4, -0.2) is 51.8 Å². The molecule has 29 heavy (non-hydrogen) atoms. The van der Waals surface area contributed by atoms with Gasteiger partial charge in [-0.1, -0.05) is 6.07 Å². The van der Waals surface area contributed by atoms with E-state index in [1.807, 2.05) is 27.1 Å². The second kappa shape index (κ2) is 11.6. The Morgan fingerprint density at radius 2 is 2.03 bits per heavy atom. The van der Waals surface area contributed by atoms with E-state index in [4.69, 9.17) is 4.74 Å². The number of aliphatic imine (C=N–C) groups is 1. The van der Waals surface area contributed by atoms with Crippen LogP contribution >= 0.6 is 11.3 Å². The Bertz CT molecular complexity index is 770. The molecule has 0 saturated heterocycles. The van der Waals surface area contributed by atoms with Crippen LogP contribution in [0.5, 0.6) is 11.5 Å². The Morgan fingerprint density at radius 1 is 1.24 bits per heavy atom. The zero-order valence-electron chi connectivity index (χ0n) is 17.1. The molecule has 1 heterocycles. The van der Waals surface area contributed by atoms with Crippen LogP contribution in [-0.2, 0) is 6.54 Å². The molecule has 0 saturated carbocycles. The van der Waals surface area contributed by atoms with Crippen molar-refractivity contribution in [2.45, 2.75) is 26.1 Å². The van der Waals surface area contributed by atoms with Gasteiger partial charge in [-0.05, 0) is 50.7 Å². The summed E-state index contributed by atoms with van der Waals surface area (Å²) in [5, 5.41) is 8.57. The molecule has 2 aromatic rings. The standard InChI is InChI=1S/C20H28F2N4O2S/c1-5-23-20(25-13-16(26(2)3)18-7-6-10-29-18)24-12-14-11-15(27-4)8-9-17(14)28-19(21)22/h6-11,16,19H,5,12-13H2,1-4H3,(H2,23,24,25). The zero-order chi connectivity index (χ0) is 21.2. The predicted molar refractivity (Wildman–Crippen MR) is 113 cm³/mol. The van der Waals surface area contributed by atoms with Gasteiger partial charge in [0.2, 0.25) is 0 Å². The maximum Gasteiger partial charge on any atom is 0.387 e. The summed E-state index contributed by atoms with van der Waals surface area (Å²) in [6.07, 6.45) is 0. The van der Waals surface area contributed by atoms with Crippen molar-refractivity contribution in [1.82, 2.24) is 15.5 Å². The molecule has 160 valence electrons. The molecular formula is C20H28F2N4O2S. The molecule has 0 aliphatic heterocycles. The van der Waals surface area contributed by atoms with Gasteiger partial charge in [0.25, 0.3) is 0 Å². The molecule has 2 N–H and O–H groups in total. The zero-order valence-corrected chi connectivity index (χ0v) is 17.9. The lowest BCUT2D eigenvalue weighted by atomic mass is 10.2. The minimum atomic E-state index is -2.90. The summed E-state index contributed by atoms with van der Waals surface area (Å²) in [5.74, 6) is 1.24. The molecule has 0 spiro atoms. The Hall–Kier alpha value is -2.39. The van der Waals surface area contributed by atoms with E-state index < -0.39 is 6.61 Å². The largest absolute Gasteiger partial charge is 0.497 e. The molecule has 1 atom stereocenters. The van der Waals surface area contributed by atoms with E-state index in [-0.39, 0.29) is 18.3 Å². The molecule has 0 aliphatic carbocycles. The van der Waals surface area contributed by atoms with Crippen molar-refractivity contribution in [3.05, 3.63) is 46.2 Å². The van der Waals surface area contributed by atoms with E-state index in [9.17, 15) is 8.78 Å². The minimum Gasteiger partial charge on any atom is -0.497 e. The van der Waals surface area contributed by atoms with Gasteiger partial charge in [-0.2, -0.15) is 8.78 Å². The number of benzene rings is 1. The molecular weight excluding hydrogens is 398 g/mol. The lowest BCUT2D eigenvalue weighted by Gasteiger charge is -2.24. The van der Waals surface area contributed by atoms with Gasteiger partial charge in [0.05, 0.1) is 19.7 Å². The molecule has 0 amide bonds. The Morgan fingerprint density at radius 3 is 2.62 bits per heavy atom. The van der Waals surface area contributed by atoms with Gasteiger partial charge in [0, 0.05) is 23.5 Å². The average molecular weight is 427 g/mol. The summed E-state index contributed by atoms with van der Waals surface area (Å²) >= 11 is 1.70. The molecule has 2 rings (SSSR count). The first kappa shape index (κ1) is 22.9. The number of methoxy groups -OCH3 is 1. The number of rotatable bonds is 10. The first-order valence-corrected chi connectivity index (χ1v) is 10.2. The van der Waals surface area contributed by atoms with Crippen LogP contribution in [0.1, 0.15) is 23.4 Å². The number of guanidine groups is 1. The van der Waals surface area contributed by atoms with Crippen LogP contribution in [0.3, 0.4) is 0 Å². The molecule has 1 aromatic heterocycles. The summed E-state index contributed by atoms with van der Waals surface area (Å²) < 4.78 is 35.2. The number of hydrogen-bond donors (Lipinski definition) is 2. The maximum absolute atomic E-state index is 12.7. The summed E-state index contributed by atoms with van der Waals surface area (Å²) in [6.45, 7) is 0.564. The van der Waals surface area contributed by atoms with Crippen molar-refractivity contribution >= 4 is 17.3 Å². The van der Waals surface area contributed by atoms with Crippen LogP contribution in [0.4, 0.5) is 8.78 Å². The Kier molecular flexibility index (Phi) is 9.14. The van der Waals surface area contributed by atoms with E-state index in [2.05, 4.69) is 36.7 Å². The summed E-state index contributed by atoms with van der Waals surface area (Å²) in [7, 11) is 5.58. The fourth-order valence-corrected chi connectivity index (χ4v) is 3.66. The van der Waals surface area contributed by atoms with E-state index in [0.29, 0.717) is 30.4 Å². The van der Waals surface area contributed by atoms with Crippen molar-refractivity contribution in [2.75, 3.05) is 34.3 Å². The Balaban J connectivity index is 2.14. The monoisotopic (exact) mass is 426 g/mol. The Labute approximate surface area is 174 Å². The highest BCUT2D eigenvalue weighted by atomic mass is 32.1. The van der Waals surface area contributed by atoms with E-state index >= 15 is 0 Å². The highest BCUT2D eigenvalue weighted by Gasteiger charge is 2.16. The number of nitrogens with one attached hydrogen (secondary N) is 2. The van der Waals surface area contributed by atoms with Gasteiger partial charge < -0.3 is 25.0 Å². The first-order chi connectivity index (χ1) is 13.9. The second-order valence-electron chi connectivity index (χ2n) is 6.42. The fourth-order valence-electron chi connectivity index (χ4n) is 2.74. The molecule has 0 aliphatic rings. The number of nitrogens with zero attached hydrogens (tertiary/aromatic N) is 2. The number of halogens is 2. The molecule has 0 bridgehead atoms. The van der Waals surface area contributed by atoms with E-state index in [1.165, 1.54) is 18.1 Å². The van der Waals surface area contributed by atoms with Crippen LogP contribution in [0.25, 0.3) is 0 Å². The van der Waals surface area contributed by atoms with E-state index in [0.717, 1.165) is 0 Å². The summed E-state index contributed by atoms with van der Waals surface area (Å²) in [6, 6.07) is 9.02. The van der Waals surface area contributed by atoms with Crippen LogP contribution in [0.2, 0.25) is 0 Å². The first-order valence-electron chi connectivity index (χ1n) is 9.28. The van der Waals surface area contributed by atoms with Crippen molar-refractivity contribution in [3.63, 3.8) is 0 Å². The van der Waals surface area contributed by atoms with Crippen molar-refractivity contribution < 1.29 is 18.3 Å². The van der Waals surface area contributed by atoms with Gasteiger partial charge in [-0.3, -0.25) is 0 Å². The van der Waals surface area contributed by atoms with Crippen molar-refractivity contribution in [2.24, 2.45) is 4.99 Å². The quantitative estimate of drug-likeness (QED) is 0.448. The van der Waals surface area contributed by atoms with Crippen LogP contribution < -0.4 is 20.1 Å². The number of likely N-dealkylation sites (N-methyl/N-ethyl adjacent to an activating group) is 1. The van der Waals surface area contributed by atoms with Crippen molar-refractivity contribution in [3.8, 4) is 11.5 Å². The third kappa shape index (κ3) is 7.17. The third-order valence-corrected chi connectivity index (χ3v) is 5.17. The van der Waals surface area contributed by atoms with Crippen LogP contribution in [0, 0.1) is 0 Å². The SMILES string of the molecule is CCNC(=NCc1cc(OC)ccc1OC(F)F)NCC(c1cccs1)N(C)C. The lowest BCUT2D eigenvalue weighted by Crippen LogP contribution is -2.41. The smallest absolute Gasteiger partial charge is 0.387 e. The average Bonchev–Trinajstić information content (AvgIpc) is 3.20. The van der Waals surface area contributed by atoms with Crippen LogP contribution in [0.15, 0.2) is 40.7 Å². The number of alkyl halides is 2. The molecule has 0 fully saturated rings.